The van der Waals surface area contributed by atoms with Crippen LogP contribution in [0.1, 0.15) is 11.8 Å². The van der Waals surface area contributed by atoms with Crippen LogP contribution in [-0.2, 0) is 4.79 Å². The lowest BCUT2D eigenvalue weighted by Crippen LogP contribution is -2.21. The number of ether oxygens (including phenoxy) is 1. The second kappa shape index (κ2) is 7.11. The lowest BCUT2D eigenvalue weighted by molar-refractivity contribution is -0.126. The molecule has 1 heterocycles. The van der Waals surface area contributed by atoms with Gasteiger partial charge in [0.2, 0.25) is 0 Å². The molecule has 3 aromatic rings. The van der Waals surface area contributed by atoms with E-state index in [1.165, 1.54) is 18.2 Å². The molecule has 3 N–H and O–H groups in total. The fourth-order valence-electron chi connectivity index (χ4n) is 2.24. The number of amides is 1. The van der Waals surface area contributed by atoms with Crippen LogP contribution in [-0.4, -0.2) is 16.0 Å². The maximum absolute atomic E-state index is 12.9. The quantitative estimate of drug-likeness (QED) is 0.748. The molecule has 0 aliphatic carbocycles. The third kappa shape index (κ3) is 3.99. The van der Waals surface area contributed by atoms with Gasteiger partial charge in [-0.3, -0.25) is 4.79 Å². The number of nitrogens with zero attached hydrogens (tertiary/aromatic N) is 1. The van der Waals surface area contributed by atoms with E-state index in [2.05, 4.69) is 4.98 Å². The molecule has 0 aliphatic rings. The van der Waals surface area contributed by atoms with Crippen molar-refractivity contribution in [3.05, 3.63) is 78.2 Å². The number of halogens is 1. The van der Waals surface area contributed by atoms with Crippen LogP contribution in [0.25, 0.3) is 11.3 Å². The van der Waals surface area contributed by atoms with Gasteiger partial charge in [-0.25, -0.2) is 9.37 Å². The van der Waals surface area contributed by atoms with E-state index < -0.39 is 12.0 Å². The topological polar surface area (TPSA) is 85.4 Å². The van der Waals surface area contributed by atoms with Crippen molar-refractivity contribution in [1.29, 1.82) is 0 Å². The van der Waals surface area contributed by atoms with Crippen molar-refractivity contribution in [1.82, 2.24) is 4.98 Å². The number of pyridine rings is 1. The van der Waals surface area contributed by atoms with Crippen molar-refractivity contribution < 1.29 is 19.0 Å². The molecule has 1 atom stereocenters. The van der Waals surface area contributed by atoms with Crippen LogP contribution >= 0.6 is 0 Å². The van der Waals surface area contributed by atoms with Crippen LogP contribution in [0.4, 0.5) is 4.39 Å². The minimum Gasteiger partial charge on any atom is -0.457 e. The van der Waals surface area contributed by atoms with Gasteiger partial charge in [0, 0.05) is 5.56 Å². The van der Waals surface area contributed by atoms with Crippen LogP contribution in [0.15, 0.2) is 66.7 Å². The maximum atomic E-state index is 12.9. The second-order valence-corrected chi connectivity index (χ2v) is 5.33. The molecular weight excluding hydrogens is 323 g/mol. The zero-order chi connectivity index (χ0) is 17.8. The molecule has 0 saturated heterocycles. The summed E-state index contributed by atoms with van der Waals surface area (Å²) in [5.41, 5.74) is 6.65. The number of carbonyl (C=O) groups excluding carboxylic acids is 1. The van der Waals surface area contributed by atoms with E-state index in [-0.39, 0.29) is 11.5 Å². The number of benzene rings is 2. The maximum Gasteiger partial charge on any atom is 0.252 e. The van der Waals surface area contributed by atoms with Crippen LogP contribution in [0, 0.1) is 5.82 Å². The fourth-order valence-corrected chi connectivity index (χ4v) is 2.24. The first-order chi connectivity index (χ1) is 12.0. The largest absolute Gasteiger partial charge is 0.457 e. The molecule has 0 bridgehead atoms. The number of rotatable bonds is 5. The lowest BCUT2D eigenvalue weighted by atomic mass is 10.1. The van der Waals surface area contributed by atoms with Gasteiger partial charge in [0.1, 0.15) is 17.3 Å². The first kappa shape index (κ1) is 16.6. The average Bonchev–Trinajstić information content (AvgIpc) is 2.63. The van der Waals surface area contributed by atoms with Gasteiger partial charge in [-0.15, -0.1) is 0 Å². The Morgan fingerprint density at radius 2 is 1.60 bits per heavy atom. The SMILES string of the molecule is NC(=O)[C@@H](O)c1cccc(-c2ccc(Oc3ccc(F)cc3)cc2)n1. The Hall–Kier alpha value is -3.25. The van der Waals surface area contributed by atoms with Crippen molar-refractivity contribution >= 4 is 5.91 Å². The highest BCUT2D eigenvalue weighted by atomic mass is 19.1. The van der Waals surface area contributed by atoms with Gasteiger partial charge in [-0.05, 0) is 60.7 Å². The van der Waals surface area contributed by atoms with Crippen molar-refractivity contribution in [2.75, 3.05) is 0 Å². The zero-order valence-electron chi connectivity index (χ0n) is 13.1. The monoisotopic (exact) mass is 338 g/mol. The summed E-state index contributed by atoms with van der Waals surface area (Å²) in [5.74, 6) is -0.0676. The Labute approximate surface area is 143 Å². The summed E-state index contributed by atoms with van der Waals surface area (Å²) in [7, 11) is 0. The number of primary amides is 1. The van der Waals surface area contributed by atoms with E-state index in [1.54, 1.807) is 48.5 Å². The van der Waals surface area contributed by atoms with Gasteiger partial charge in [0.05, 0.1) is 11.4 Å². The number of aromatic nitrogens is 1. The normalized spacial score (nSPS) is 11.8. The molecule has 0 saturated carbocycles. The molecule has 126 valence electrons. The minimum atomic E-state index is -1.44. The number of nitrogens with two attached hydrogens (primary N) is 1. The fraction of sp³-hybridized carbons (Fsp3) is 0.0526. The summed E-state index contributed by atoms with van der Waals surface area (Å²) in [5, 5.41) is 9.71. The van der Waals surface area contributed by atoms with Crippen LogP contribution < -0.4 is 10.5 Å². The molecule has 6 heteroatoms. The molecule has 0 radical (unpaired) electrons. The number of hydrogen-bond acceptors (Lipinski definition) is 4. The summed E-state index contributed by atoms with van der Waals surface area (Å²) >= 11 is 0. The number of carbonyl (C=O) groups is 1. The van der Waals surface area contributed by atoms with Gasteiger partial charge in [0.15, 0.2) is 6.10 Å². The van der Waals surface area contributed by atoms with Gasteiger partial charge in [0.25, 0.3) is 5.91 Å². The van der Waals surface area contributed by atoms with E-state index in [0.29, 0.717) is 17.2 Å². The summed E-state index contributed by atoms with van der Waals surface area (Å²) in [4.78, 5) is 15.3. The highest BCUT2D eigenvalue weighted by Gasteiger charge is 2.15. The molecule has 3 rings (SSSR count). The van der Waals surface area contributed by atoms with E-state index in [1.807, 2.05) is 0 Å². The van der Waals surface area contributed by atoms with E-state index in [0.717, 1.165) is 5.56 Å². The number of aliphatic hydroxyl groups excluding tert-OH is 1. The first-order valence-electron chi connectivity index (χ1n) is 7.51. The zero-order valence-corrected chi connectivity index (χ0v) is 13.1. The Kier molecular flexibility index (Phi) is 4.72. The highest BCUT2D eigenvalue weighted by molar-refractivity contribution is 5.79. The molecule has 0 unspecified atom stereocenters. The Morgan fingerprint density at radius 1 is 1.00 bits per heavy atom. The molecule has 0 fully saturated rings. The summed E-state index contributed by atoms with van der Waals surface area (Å²) < 4.78 is 18.5. The van der Waals surface area contributed by atoms with Crippen molar-refractivity contribution in [3.8, 4) is 22.8 Å². The minimum absolute atomic E-state index is 0.191. The molecule has 1 aromatic heterocycles. The van der Waals surface area contributed by atoms with Crippen LogP contribution in [0.5, 0.6) is 11.5 Å². The summed E-state index contributed by atoms with van der Waals surface area (Å²) in [6, 6.07) is 17.8. The molecule has 1 amide bonds. The van der Waals surface area contributed by atoms with Crippen LogP contribution in [0.3, 0.4) is 0 Å². The van der Waals surface area contributed by atoms with Gasteiger partial charge in [-0.1, -0.05) is 6.07 Å². The van der Waals surface area contributed by atoms with Gasteiger partial charge < -0.3 is 15.6 Å². The van der Waals surface area contributed by atoms with Crippen molar-refractivity contribution in [3.63, 3.8) is 0 Å². The van der Waals surface area contributed by atoms with Crippen LogP contribution in [0.2, 0.25) is 0 Å². The Morgan fingerprint density at radius 3 is 2.20 bits per heavy atom. The average molecular weight is 338 g/mol. The standard InChI is InChI=1S/C19H15FN2O3/c20-13-6-10-15(11-7-13)25-14-8-4-12(5-9-14)16-2-1-3-17(22-16)18(23)19(21)24/h1-11,18,23H,(H2,21,24)/t18-/m0/s1. The third-order valence-corrected chi connectivity index (χ3v) is 3.52. The third-order valence-electron chi connectivity index (χ3n) is 3.52. The van der Waals surface area contributed by atoms with Crippen molar-refractivity contribution in [2.24, 2.45) is 5.73 Å². The molecule has 0 spiro atoms. The smallest absolute Gasteiger partial charge is 0.252 e. The summed E-state index contributed by atoms with van der Waals surface area (Å²) in [6.07, 6.45) is -1.44. The molecule has 5 nitrogen and oxygen atoms in total. The Bertz CT molecular complexity index is 880. The van der Waals surface area contributed by atoms with Crippen molar-refractivity contribution in [2.45, 2.75) is 6.10 Å². The molecule has 25 heavy (non-hydrogen) atoms. The van der Waals surface area contributed by atoms with E-state index in [9.17, 15) is 14.3 Å². The lowest BCUT2D eigenvalue weighted by Gasteiger charge is -2.09. The second-order valence-electron chi connectivity index (χ2n) is 5.33. The number of aliphatic hydroxyl groups is 1. The molecule has 0 aliphatic heterocycles. The summed E-state index contributed by atoms with van der Waals surface area (Å²) in [6.45, 7) is 0. The highest BCUT2D eigenvalue weighted by Crippen LogP contribution is 2.26. The molecular formula is C19H15FN2O3. The predicted molar refractivity (Wildman–Crippen MR) is 90.3 cm³/mol. The molecule has 2 aromatic carbocycles. The first-order valence-corrected chi connectivity index (χ1v) is 7.51. The van der Waals surface area contributed by atoms with Gasteiger partial charge in [-0.2, -0.15) is 0 Å². The number of hydrogen-bond donors (Lipinski definition) is 2. The van der Waals surface area contributed by atoms with E-state index in [4.69, 9.17) is 10.5 Å². The van der Waals surface area contributed by atoms with Gasteiger partial charge >= 0.3 is 0 Å². The Balaban J connectivity index is 1.79. The van der Waals surface area contributed by atoms with E-state index >= 15 is 0 Å². The predicted octanol–water partition coefficient (Wildman–Crippen LogP) is 3.20.